The summed E-state index contributed by atoms with van der Waals surface area (Å²) in [7, 11) is 0. The Balaban J connectivity index is 2.18. The van der Waals surface area contributed by atoms with Crippen molar-refractivity contribution in [1.29, 1.82) is 0 Å². The van der Waals surface area contributed by atoms with E-state index < -0.39 is 126 Å². The minimum absolute atomic E-state index is 0.163. The van der Waals surface area contributed by atoms with Gasteiger partial charge in [0.1, 0.15) is 48.3 Å². The second kappa shape index (κ2) is 26.6. The van der Waals surface area contributed by atoms with Gasteiger partial charge in [0.05, 0.1) is 12.1 Å². The van der Waals surface area contributed by atoms with Gasteiger partial charge in [0.25, 0.3) is 0 Å². The van der Waals surface area contributed by atoms with E-state index in [4.69, 9.17) is 11.5 Å². The zero-order valence-corrected chi connectivity index (χ0v) is 40.3. The van der Waals surface area contributed by atoms with Crippen molar-refractivity contribution in [3.05, 3.63) is 0 Å². The predicted molar refractivity (Wildman–Crippen MR) is 244 cm³/mol. The quantitative estimate of drug-likeness (QED) is 0.0362. The summed E-state index contributed by atoms with van der Waals surface area (Å²) in [4.78, 5) is 123. The lowest BCUT2D eigenvalue weighted by Gasteiger charge is -2.33. The van der Waals surface area contributed by atoms with E-state index >= 15 is 0 Å². The van der Waals surface area contributed by atoms with Crippen LogP contribution >= 0.6 is 12.6 Å². The molecule has 2 heterocycles. The third kappa shape index (κ3) is 16.1. The predicted octanol–water partition coefficient (Wildman–Crippen LogP) is -1.65. The summed E-state index contributed by atoms with van der Waals surface area (Å²) in [6.07, 6.45) is 1.22. The van der Waals surface area contributed by atoms with Gasteiger partial charge in [-0.05, 0) is 82.1 Å². The molecular formula is C43H76N10O11S. The normalized spacial score (nSPS) is 20.0. The SMILES string of the molecule is CC(C)[C@H](N)C(=O)N[C@H](C(=O)N1CCC[C@H]1C(=O)N[C@H](C(=O)N[C@H](C(=O)N[C@H](C(=O)N[C@@H](CS)C(=O)N1CCC[C@H]1C(=O)N[C@@H](CCCCN)C(=O)O)C(C)C)C(C)C)[C@@H](C)O)C(C)C. The van der Waals surface area contributed by atoms with Crippen LogP contribution in [0.3, 0.4) is 0 Å². The summed E-state index contributed by atoms with van der Waals surface area (Å²) < 4.78 is 0. The fourth-order valence-electron chi connectivity index (χ4n) is 7.73. The molecule has 0 unspecified atom stereocenters. The number of hydrogen-bond donors (Lipinski definition) is 11. The zero-order chi connectivity index (χ0) is 49.5. The maximum absolute atomic E-state index is 13.9. The van der Waals surface area contributed by atoms with Crippen molar-refractivity contribution in [2.75, 3.05) is 25.4 Å². The van der Waals surface area contributed by atoms with Crippen LogP contribution in [0.15, 0.2) is 0 Å². The third-order valence-corrected chi connectivity index (χ3v) is 12.2. The number of nitrogens with zero attached hydrogens (tertiary/aromatic N) is 2. The van der Waals surface area contributed by atoms with Gasteiger partial charge in [-0.3, -0.25) is 38.4 Å². The Hall–Kier alpha value is -4.54. The molecule has 0 bridgehead atoms. The molecule has 370 valence electrons. The number of carboxylic acids is 1. The van der Waals surface area contributed by atoms with Crippen molar-refractivity contribution < 1.29 is 53.4 Å². The third-order valence-electron chi connectivity index (χ3n) is 11.8. The number of carbonyl (C=O) groups excluding carboxylic acids is 8. The van der Waals surface area contributed by atoms with Gasteiger partial charge >= 0.3 is 5.97 Å². The Kier molecular flexibility index (Phi) is 23.1. The van der Waals surface area contributed by atoms with Gasteiger partial charge in [0.2, 0.25) is 47.3 Å². The highest BCUT2D eigenvalue weighted by Gasteiger charge is 2.43. The molecule has 2 rings (SSSR count). The van der Waals surface area contributed by atoms with Crippen LogP contribution in [-0.2, 0) is 43.2 Å². The molecule has 21 nitrogen and oxygen atoms in total. The van der Waals surface area contributed by atoms with E-state index in [0.717, 1.165) is 0 Å². The topological polar surface area (TPSA) is 325 Å². The number of nitrogens with one attached hydrogen (secondary N) is 6. The second-order valence-corrected chi connectivity index (χ2v) is 18.9. The molecule has 0 aliphatic carbocycles. The minimum Gasteiger partial charge on any atom is -0.480 e. The second-order valence-electron chi connectivity index (χ2n) is 18.5. The van der Waals surface area contributed by atoms with Crippen molar-refractivity contribution in [2.45, 2.75) is 168 Å². The van der Waals surface area contributed by atoms with E-state index in [1.54, 1.807) is 55.4 Å². The van der Waals surface area contributed by atoms with Crippen LogP contribution < -0.4 is 43.4 Å². The number of thiol groups is 1. The number of carbonyl (C=O) groups is 9. The average Bonchev–Trinajstić information content (AvgIpc) is 3.94. The van der Waals surface area contributed by atoms with Crippen LogP contribution in [0.1, 0.15) is 107 Å². The lowest BCUT2D eigenvalue weighted by molar-refractivity contribution is -0.145. The van der Waals surface area contributed by atoms with Gasteiger partial charge in [-0.1, -0.05) is 55.4 Å². The lowest BCUT2D eigenvalue weighted by atomic mass is 9.98. The number of rotatable bonds is 25. The molecule has 0 aromatic carbocycles. The summed E-state index contributed by atoms with van der Waals surface area (Å²) in [6, 6.07) is -10.3. The Bertz CT molecular complexity index is 1680. The summed E-state index contributed by atoms with van der Waals surface area (Å²) in [5.41, 5.74) is 11.5. The summed E-state index contributed by atoms with van der Waals surface area (Å²) in [6.45, 7) is 15.7. The van der Waals surface area contributed by atoms with Crippen molar-refractivity contribution in [3.63, 3.8) is 0 Å². The van der Waals surface area contributed by atoms with Crippen molar-refractivity contribution in [1.82, 2.24) is 41.7 Å². The molecule has 2 saturated heterocycles. The van der Waals surface area contributed by atoms with Crippen LogP contribution in [0, 0.1) is 23.7 Å². The summed E-state index contributed by atoms with van der Waals surface area (Å²) >= 11 is 4.29. The van der Waals surface area contributed by atoms with Crippen LogP contribution in [0.4, 0.5) is 0 Å². The molecule has 0 spiro atoms. The number of aliphatic hydroxyl groups excluding tert-OH is 1. The van der Waals surface area contributed by atoms with Crippen LogP contribution in [0.5, 0.6) is 0 Å². The van der Waals surface area contributed by atoms with Crippen LogP contribution in [0.2, 0.25) is 0 Å². The molecule has 0 radical (unpaired) electrons. The standard InChI is InChI=1S/C43H76N10O11S/c1-21(2)30(45)37(57)50-33(24(7)8)42(62)53-19-13-16-29(53)36(56)51-34(25(9)54)40(60)49-32(23(5)6)39(59)48-31(22(3)4)38(58)47-27(20-65)41(61)52-18-12-15-28(52)35(55)46-26(43(63)64)14-10-11-17-44/h21-34,54,65H,10-20,44-45H2,1-9H3,(H,46,55)(H,47,58)(H,48,59)(H,49,60)(H,50,57)(H,51,56)(H,63,64)/t25-,26+,27+,28+,29+,30+,31+,32+,33+,34+/m1/s1. The fourth-order valence-corrected chi connectivity index (χ4v) is 7.97. The minimum atomic E-state index is -1.56. The Morgan fingerprint density at radius 2 is 1.03 bits per heavy atom. The Labute approximate surface area is 388 Å². The van der Waals surface area contributed by atoms with Gasteiger partial charge in [-0.2, -0.15) is 12.6 Å². The Morgan fingerprint density at radius 1 is 0.585 bits per heavy atom. The maximum atomic E-state index is 13.9. The zero-order valence-electron chi connectivity index (χ0n) is 39.4. The number of unbranched alkanes of at least 4 members (excludes halogenated alkanes) is 1. The largest absolute Gasteiger partial charge is 0.480 e. The smallest absolute Gasteiger partial charge is 0.326 e. The molecule has 8 amide bonds. The number of nitrogens with two attached hydrogens (primary N) is 2. The van der Waals surface area contributed by atoms with E-state index in [1.165, 1.54) is 16.7 Å². The molecule has 22 heteroatoms. The molecule has 2 aliphatic heterocycles. The first kappa shape index (κ1) is 56.6. The summed E-state index contributed by atoms with van der Waals surface area (Å²) in [5, 5.41) is 36.0. The van der Waals surface area contributed by atoms with Crippen molar-refractivity contribution in [3.8, 4) is 0 Å². The Morgan fingerprint density at radius 3 is 1.46 bits per heavy atom. The molecule has 0 aromatic rings. The number of carboxylic acid groups (broad SMARTS) is 1. The van der Waals surface area contributed by atoms with E-state index in [9.17, 15) is 53.4 Å². The fraction of sp³-hybridized carbons (Fsp3) is 0.791. The van der Waals surface area contributed by atoms with Gasteiger partial charge in [0, 0.05) is 18.8 Å². The van der Waals surface area contributed by atoms with Gasteiger partial charge in [-0.15, -0.1) is 0 Å². The first-order valence-electron chi connectivity index (χ1n) is 22.8. The molecular weight excluding hydrogens is 865 g/mol. The number of likely N-dealkylation sites (tertiary alicyclic amines) is 2. The van der Waals surface area contributed by atoms with E-state index in [2.05, 4.69) is 44.5 Å². The van der Waals surface area contributed by atoms with Gasteiger partial charge in [-0.25, -0.2) is 4.79 Å². The summed E-state index contributed by atoms with van der Waals surface area (Å²) in [5.74, 6) is -8.40. The lowest BCUT2D eigenvalue weighted by Crippen LogP contribution is -2.63. The molecule has 2 fully saturated rings. The molecule has 0 aromatic heterocycles. The van der Waals surface area contributed by atoms with Crippen LogP contribution in [-0.4, -0.2) is 159 Å². The first-order chi connectivity index (χ1) is 30.4. The highest BCUT2D eigenvalue weighted by Crippen LogP contribution is 2.22. The van der Waals surface area contributed by atoms with Crippen molar-refractivity contribution in [2.24, 2.45) is 35.1 Å². The number of amides is 8. The molecule has 65 heavy (non-hydrogen) atoms. The number of hydrogen-bond acceptors (Lipinski definition) is 13. The molecule has 10 atom stereocenters. The van der Waals surface area contributed by atoms with Gasteiger partial charge < -0.3 is 63.4 Å². The van der Waals surface area contributed by atoms with E-state index in [1.807, 2.05) is 0 Å². The highest BCUT2D eigenvalue weighted by molar-refractivity contribution is 7.80. The number of aliphatic hydroxyl groups is 1. The maximum Gasteiger partial charge on any atom is 0.326 e. The average molecular weight is 941 g/mol. The van der Waals surface area contributed by atoms with E-state index in [0.29, 0.717) is 32.2 Å². The van der Waals surface area contributed by atoms with Gasteiger partial charge in [0.15, 0.2) is 0 Å². The number of aliphatic carboxylic acids is 1. The van der Waals surface area contributed by atoms with Crippen LogP contribution in [0.25, 0.3) is 0 Å². The van der Waals surface area contributed by atoms with Crippen molar-refractivity contribution >= 4 is 65.9 Å². The molecule has 2 aliphatic rings. The monoisotopic (exact) mass is 941 g/mol. The van der Waals surface area contributed by atoms with E-state index in [-0.39, 0.29) is 49.9 Å². The molecule has 12 N–H and O–H groups in total. The highest BCUT2D eigenvalue weighted by atomic mass is 32.1. The first-order valence-corrected chi connectivity index (χ1v) is 23.4. The molecule has 0 saturated carbocycles.